The van der Waals surface area contributed by atoms with Crippen LogP contribution >= 0.6 is 0 Å². The maximum atomic E-state index is 14.0. The van der Waals surface area contributed by atoms with E-state index in [4.69, 9.17) is 0 Å². The summed E-state index contributed by atoms with van der Waals surface area (Å²) in [6.45, 7) is 8.34. The van der Waals surface area contributed by atoms with Gasteiger partial charge in [0.25, 0.3) is 0 Å². The van der Waals surface area contributed by atoms with Gasteiger partial charge in [0.1, 0.15) is 5.82 Å². The first-order valence-corrected chi connectivity index (χ1v) is 8.26. The Labute approximate surface area is 128 Å². The summed E-state index contributed by atoms with van der Waals surface area (Å²) in [5.41, 5.74) is 2.52. The van der Waals surface area contributed by atoms with Gasteiger partial charge in [0.05, 0.1) is 0 Å². The van der Waals surface area contributed by atoms with Crippen molar-refractivity contribution >= 4 is 0 Å². The van der Waals surface area contributed by atoms with Crippen molar-refractivity contribution in [2.45, 2.75) is 52.6 Å². The van der Waals surface area contributed by atoms with Crippen LogP contribution in [0.4, 0.5) is 4.39 Å². The van der Waals surface area contributed by atoms with Crippen LogP contribution in [0.5, 0.6) is 0 Å². The number of likely N-dealkylation sites (tertiary alicyclic amines) is 1. The molecule has 1 aliphatic heterocycles. The van der Waals surface area contributed by atoms with Gasteiger partial charge in [-0.05, 0) is 50.0 Å². The molecular weight excluding hydrogens is 263 g/mol. The lowest BCUT2D eigenvalue weighted by molar-refractivity contribution is 0.0901. The summed E-state index contributed by atoms with van der Waals surface area (Å²) in [4.78, 5) is 2.41. The Kier molecular flexibility index (Phi) is 5.77. The van der Waals surface area contributed by atoms with Gasteiger partial charge < -0.3 is 5.32 Å². The van der Waals surface area contributed by atoms with Crippen LogP contribution < -0.4 is 5.32 Å². The van der Waals surface area contributed by atoms with Crippen molar-refractivity contribution in [2.24, 2.45) is 5.41 Å². The molecule has 118 valence electrons. The van der Waals surface area contributed by atoms with Crippen LogP contribution in [-0.2, 0) is 13.1 Å². The summed E-state index contributed by atoms with van der Waals surface area (Å²) < 4.78 is 14.0. The molecule has 0 atom stereocenters. The van der Waals surface area contributed by atoms with Gasteiger partial charge in [0.15, 0.2) is 0 Å². The van der Waals surface area contributed by atoms with Gasteiger partial charge in [-0.1, -0.05) is 38.8 Å². The van der Waals surface area contributed by atoms with Crippen LogP contribution in [0.25, 0.3) is 0 Å². The lowest BCUT2D eigenvalue weighted by atomic mass is 9.74. The average Bonchev–Trinajstić information content (AvgIpc) is 2.52. The van der Waals surface area contributed by atoms with Crippen LogP contribution in [-0.4, -0.2) is 25.0 Å². The largest absolute Gasteiger partial charge is 0.316 e. The second-order valence-corrected chi connectivity index (χ2v) is 6.44. The summed E-state index contributed by atoms with van der Waals surface area (Å²) >= 11 is 0. The number of hydrogen-bond donors (Lipinski definition) is 1. The minimum absolute atomic E-state index is 0.0716. The molecule has 0 aliphatic carbocycles. The zero-order chi connectivity index (χ0) is 15.3. The number of nitrogens with zero attached hydrogens (tertiary/aromatic N) is 1. The third-order valence-corrected chi connectivity index (χ3v) is 5.30. The molecule has 0 bridgehead atoms. The molecule has 1 N–H and O–H groups in total. The summed E-state index contributed by atoms with van der Waals surface area (Å²) in [7, 11) is 1.92. The number of benzene rings is 1. The third-order valence-electron chi connectivity index (χ3n) is 5.30. The van der Waals surface area contributed by atoms with Crippen molar-refractivity contribution in [2.75, 3.05) is 20.1 Å². The van der Waals surface area contributed by atoms with Gasteiger partial charge in [-0.25, -0.2) is 4.39 Å². The summed E-state index contributed by atoms with van der Waals surface area (Å²) in [5, 5.41) is 3.12. The van der Waals surface area contributed by atoms with Crippen LogP contribution in [0.15, 0.2) is 18.2 Å². The highest BCUT2D eigenvalue weighted by Gasteiger charge is 2.31. The van der Waals surface area contributed by atoms with E-state index in [0.717, 1.165) is 37.3 Å². The molecule has 0 spiro atoms. The van der Waals surface area contributed by atoms with E-state index in [1.807, 2.05) is 19.2 Å². The van der Waals surface area contributed by atoms with E-state index in [1.165, 1.54) is 25.7 Å². The molecule has 1 saturated heterocycles. The second-order valence-electron chi connectivity index (χ2n) is 6.44. The summed E-state index contributed by atoms with van der Waals surface area (Å²) in [6, 6.07) is 5.48. The van der Waals surface area contributed by atoms with E-state index < -0.39 is 0 Å². The van der Waals surface area contributed by atoms with Crippen LogP contribution in [0.2, 0.25) is 0 Å². The van der Waals surface area contributed by atoms with E-state index in [2.05, 4.69) is 24.1 Å². The lowest BCUT2D eigenvalue weighted by Gasteiger charge is -2.41. The first kappa shape index (κ1) is 16.4. The minimum atomic E-state index is -0.0716. The second kappa shape index (κ2) is 7.37. The number of rotatable bonds is 6. The highest BCUT2D eigenvalue weighted by molar-refractivity contribution is 5.25. The predicted molar refractivity (Wildman–Crippen MR) is 86.7 cm³/mol. The number of halogens is 1. The highest BCUT2D eigenvalue weighted by atomic mass is 19.1. The maximum absolute atomic E-state index is 14.0. The fraction of sp³-hybridized carbons (Fsp3) is 0.667. The standard InChI is InChI=1S/C18H29FN2/c1-4-18(5-2)8-10-21(11-9-18)14-16-12-15(13-20-3)6-7-17(16)19/h6-7,12,20H,4-5,8-11,13-14H2,1-3H3. The highest BCUT2D eigenvalue weighted by Crippen LogP contribution is 2.38. The van der Waals surface area contributed by atoms with Crippen molar-refractivity contribution in [3.8, 4) is 0 Å². The monoisotopic (exact) mass is 292 g/mol. The van der Waals surface area contributed by atoms with Crippen molar-refractivity contribution in [1.29, 1.82) is 0 Å². The van der Waals surface area contributed by atoms with E-state index in [9.17, 15) is 4.39 Å². The fourth-order valence-electron chi connectivity index (χ4n) is 3.45. The summed E-state index contributed by atoms with van der Waals surface area (Å²) in [5.74, 6) is -0.0716. The molecule has 1 aromatic rings. The van der Waals surface area contributed by atoms with Crippen LogP contribution in [0.1, 0.15) is 50.7 Å². The Morgan fingerprint density at radius 1 is 1.19 bits per heavy atom. The van der Waals surface area contributed by atoms with E-state index in [-0.39, 0.29) is 5.82 Å². The molecule has 2 rings (SSSR count). The van der Waals surface area contributed by atoms with E-state index in [1.54, 1.807) is 6.07 Å². The Morgan fingerprint density at radius 3 is 2.43 bits per heavy atom. The van der Waals surface area contributed by atoms with E-state index >= 15 is 0 Å². The average molecular weight is 292 g/mol. The Bertz CT molecular complexity index is 445. The van der Waals surface area contributed by atoms with Crippen molar-refractivity contribution in [3.63, 3.8) is 0 Å². The molecule has 21 heavy (non-hydrogen) atoms. The van der Waals surface area contributed by atoms with Gasteiger partial charge in [-0.3, -0.25) is 4.90 Å². The summed E-state index contributed by atoms with van der Waals surface area (Å²) in [6.07, 6.45) is 5.03. The molecule has 0 aromatic heterocycles. The van der Waals surface area contributed by atoms with Crippen molar-refractivity contribution in [3.05, 3.63) is 35.1 Å². The number of hydrogen-bond acceptors (Lipinski definition) is 2. The lowest BCUT2D eigenvalue weighted by Crippen LogP contribution is -2.39. The molecule has 0 unspecified atom stereocenters. The van der Waals surface area contributed by atoms with Crippen molar-refractivity contribution in [1.82, 2.24) is 10.2 Å². The molecular formula is C18H29FN2. The van der Waals surface area contributed by atoms with Gasteiger partial charge >= 0.3 is 0 Å². The third kappa shape index (κ3) is 4.04. The molecule has 0 saturated carbocycles. The minimum Gasteiger partial charge on any atom is -0.316 e. The first-order valence-electron chi connectivity index (χ1n) is 8.26. The zero-order valence-electron chi connectivity index (χ0n) is 13.7. The van der Waals surface area contributed by atoms with Crippen molar-refractivity contribution < 1.29 is 4.39 Å². The van der Waals surface area contributed by atoms with Crippen LogP contribution in [0, 0.1) is 11.2 Å². The van der Waals surface area contributed by atoms with Gasteiger partial charge in [-0.2, -0.15) is 0 Å². The predicted octanol–water partition coefficient (Wildman–Crippen LogP) is 3.95. The molecule has 3 heteroatoms. The first-order chi connectivity index (χ1) is 10.1. The molecule has 1 fully saturated rings. The zero-order valence-corrected chi connectivity index (χ0v) is 13.7. The Morgan fingerprint density at radius 2 is 1.86 bits per heavy atom. The van der Waals surface area contributed by atoms with Gasteiger partial charge in [0.2, 0.25) is 0 Å². The number of nitrogens with one attached hydrogen (secondary N) is 1. The van der Waals surface area contributed by atoms with E-state index in [0.29, 0.717) is 5.41 Å². The molecule has 0 amide bonds. The Balaban J connectivity index is 1.98. The SMILES string of the molecule is CCC1(CC)CCN(Cc2cc(CNC)ccc2F)CC1. The van der Waals surface area contributed by atoms with Gasteiger partial charge in [0, 0.05) is 18.7 Å². The molecule has 2 nitrogen and oxygen atoms in total. The molecule has 1 heterocycles. The smallest absolute Gasteiger partial charge is 0.127 e. The quantitative estimate of drug-likeness (QED) is 0.854. The molecule has 1 aliphatic rings. The van der Waals surface area contributed by atoms with Gasteiger partial charge in [-0.15, -0.1) is 0 Å². The molecule has 1 aromatic carbocycles. The topological polar surface area (TPSA) is 15.3 Å². The van der Waals surface area contributed by atoms with Crippen LogP contribution in [0.3, 0.4) is 0 Å². The maximum Gasteiger partial charge on any atom is 0.127 e. The fourth-order valence-corrected chi connectivity index (χ4v) is 3.45. The normalized spacial score (nSPS) is 18.9. The Hall–Kier alpha value is -0.930. The molecule has 0 radical (unpaired) electrons. The number of piperidine rings is 1.